The van der Waals surface area contributed by atoms with Crippen LogP contribution in [-0.4, -0.2) is 12.2 Å². The molecule has 0 saturated heterocycles. The maximum Gasteiger partial charge on any atom is 0.333 e. The molecule has 0 aromatic heterocycles. The maximum atomic E-state index is 2.71. The van der Waals surface area contributed by atoms with Gasteiger partial charge >= 0.3 is 6.85 Å². The van der Waals surface area contributed by atoms with Crippen molar-refractivity contribution in [2.24, 2.45) is 0 Å². The van der Waals surface area contributed by atoms with Crippen LogP contribution in [0.15, 0.2) is 150 Å². The highest BCUT2D eigenvalue weighted by molar-refractivity contribution is 8.00. The molecular formula is C43H29BN2S. The molecule has 0 radical (unpaired) electrons. The average molecular weight is 617 g/mol. The fraction of sp³-hybridized carbons (Fsp3) is 0.0698. The van der Waals surface area contributed by atoms with E-state index in [1.807, 2.05) is 11.8 Å². The minimum absolute atomic E-state index is 0.0575. The molecule has 0 spiro atoms. The summed E-state index contributed by atoms with van der Waals surface area (Å²) in [7, 11) is 0. The Balaban J connectivity index is 1.20. The van der Waals surface area contributed by atoms with Gasteiger partial charge in [-0.15, -0.1) is 0 Å². The lowest BCUT2D eigenvalue weighted by Crippen LogP contribution is -2.62. The predicted octanol–water partition coefficient (Wildman–Crippen LogP) is 9.77. The molecule has 0 N–H and O–H groups in total. The second-order valence-corrected chi connectivity index (χ2v) is 14.5. The molecule has 0 bridgehead atoms. The van der Waals surface area contributed by atoms with Crippen LogP contribution < -0.4 is 20.6 Å². The smallest absolute Gasteiger partial charge is 0.333 e. The van der Waals surface area contributed by atoms with Crippen LogP contribution in [0.3, 0.4) is 0 Å². The first kappa shape index (κ1) is 25.9. The third-order valence-electron chi connectivity index (χ3n) is 10.8. The number of nitrogens with zero attached hydrogens (tertiary/aromatic N) is 2. The molecule has 0 amide bonds. The highest BCUT2D eigenvalue weighted by atomic mass is 32.2. The van der Waals surface area contributed by atoms with Gasteiger partial charge < -0.3 is 9.71 Å². The van der Waals surface area contributed by atoms with Crippen LogP contribution >= 0.6 is 11.8 Å². The molecule has 4 aliphatic rings. The van der Waals surface area contributed by atoms with Crippen molar-refractivity contribution in [1.29, 1.82) is 0 Å². The van der Waals surface area contributed by atoms with E-state index in [2.05, 4.69) is 162 Å². The van der Waals surface area contributed by atoms with Gasteiger partial charge in [-0.2, -0.15) is 0 Å². The first-order chi connectivity index (χ1) is 23.2. The molecule has 4 heterocycles. The van der Waals surface area contributed by atoms with E-state index in [9.17, 15) is 0 Å². The summed E-state index contributed by atoms with van der Waals surface area (Å²) in [5.74, 6) is 0.353. The zero-order valence-electron chi connectivity index (χ0n) is 25.9. The van der Waals surface area contributed by atoms with E-state index in [1.54, 1.807) is 0 Å². The molecule has 2 unspecified atom stereocenters. The Labute approximate surface area is 279 Å². The second-order valence-electron chi connectivity index (χ2n) is 13.3. The molecule has 2 nitrogen and oxygen atoms in total. The number of hydrogen-bond donors (Lipinski definition) is 0. The Hall–Kier alpha value is -5.19. The van der Waals surface area contributed by atoms with Crippen LogP contribution in [0.5, 0.6) is 0 Å². The fourth-order valence-electron chi connectivity index (χ4n) is 8.86. The molecule has 4 heteroatoms. The van der Waals surface area contributed by atoms with Gasteiger partial charge in [-0.3, -0.25) is 0 Å². The number of benzene rings is 7. The molecule has 2 atom stereocenters. The standard InChI is InChI=1S/C43H29BN2S/c1-26-22-35-34-24-29-12-5-6-13-30(29)25-37(34)46(31-20-18-28(19-21-31)27-10-3-2-4-11-27)44-36-16-9-15-33-40-32-14-7-8-17-39(32)47-43(40)45(42(33)36)38(23-26)41(35)44/h2-25,40,43H,1H3. The first-order valence-electron chi connectivity index (χ1n) is 16.5. The Morgan fingerprint density at radius 1 is 0.596 bits per heavy atom. The monoisotopic (exact) mass is 616 g/mol. The summed E-state index contributed by atoms with van der Waals surface area (Å²) in [4.78, 5) is 6.77. The van der Waals surface area contributed by atoms with Crippen LogP contribution in [-0.2, 0) is 0 Å². The summed E-state index contributed by atoms with van der Waals surface area (Å²) < 4.78 is 0. The van der Waals surface area contributed by atoms with Gasteiger partial charge in [0.05, 0.1) is 5.37 Å². The Kier molecular flexibility index (Phi) is 5.21. The van der Waals surface area contributed by atoms with Gasteiger partial charge in [-0.05, 0) is 98.4 Å². The van der Waals surface area contributed by atoms with Crippen LogP contribution in [0, 0.1) is 6.92 Å². The Morgan fingerprint density at radius 2 is 1.32 bits per heavy atom. The summed E-state index contributed by atoms with van der Waals surface area (Å²) in [5.41, 5.74) is 17.5. The highest BCUT2D eigenvalue weighted by Crippen LogP contribution is 2.60. The van der Waals surface area contributed by atoms with Crippen LogP contribution in [0.1, 0.15) is 22.6 Å². The summed E-state index contributed by atoms with van der Waals surface area (Å²) in [6.45, 7) is 2.33. The largest absolute Gasteiger partial charge is 0.376 e. The highest BCUT2D eigenvalue weighted by Gasteiger charge is 2.53. The molecule has 7 aromatic rings. The number of anilines is 4. The molecule has 11 rings (SSSR count). The number of aryl methyl sites for hydroxylation is 1. The molecule has 0 saturated carbocycles. The minimum atomic E-state index is 0.0575. The number of para-hydroxylation sites is 1. The summed E-state index contributed by atoms with van der Waals surface area (Å²) in [6.07, 6.45) is 0. The Morgan fingerprint density at radius 3 is 2.17 bits per heavy atom. The van der Waals surface area contributed by atoms with E-state index in [1.165, 1.54) is 88.3 Å². The first-order valence-corrected chi connectivity index (χ1v) is 17.4. The SMILES string of the molecule is Cc1cc2c3c(c1)N1c4c(cccc4C4c5ccccc5SC41)B3N(c1ccc(-c3ccccc3)cc1)c1cc3ccccc3cc1-2. The number of rotatable bonds is 2. The van der Waals surface area contributed by atoms with Crippen molar-refractivity contribution in [3.8, 4) is 22.3 Å². The van der Waals surface area contributed by atoms with Crippen molar-refractivity contribution >= 4 is 63.1 Å². The maximum absolute atomic E-state index is 2.71. The summed E-state index contributed by atoms with van der Waals surface area (Å²) in [5, 5.41) is 2.86. The van der Waals surface area contributed by atoms with Crippen LogP contribution in [0.4, 0.5) is 22.7 Å². The van der Waals surface area contributed by atoms with Crippen molar-refractivity contribution in [2.45, 2.75) is 23.1 Å². The molecule has 47 heavy (non-hydrogen) atoms. The molecule has 4 aliphatic heterocycles. The van der Waals surface area contributed by atoms with Crippen molar-refractivity contribution in [2.75, 3.05) is 9.71 Å². The lowest BCUT2D eigenvalue weighted by Gasteiger charge is -2.46. The Bertz CT molecular complexity index is 2440. The minimum Gasteiger partial charge on any atom is -0.376 e. The quantitative estimate of drug-likeness (QED) is 0.179. The molecular weight excluding hydrogens is 587 g/mol. The van der Waals surface area contributed by atoms with E-state index >= 15 is 0 Å². The van der Waals surface area contributed by atoms with E-state index in [0.717, 1.165) is 0 Å². The zero-order chi connectivity index (χ0) is 30.8. The van der Waals surface area contributed by atoms with Crippen LogP contribution in [0.25, 0.3) is 33.0 Å². The normalized spacial score (nSPS) is 17.7. The number of thioether (sulfide) groups is 1. The lowest BCUT2D eigenvalue weighted by atomic mass is 9.43. The van der Waals surface area contributed by atoms with E-state index in [4.69, 9.17) is 0 Å². The van der Waals surface area contributed by atoms with Gasteiger partial charge in [0.15, 0.2) is 0 Å². The van der Waals surface area contributed by atoms with E-state index < -0.39 is 0 Å². The van der Waals surface area contributed by atoms with Gasteiger partial charge in [0.2, 0.25) is 0 Å². The number of hydrogen-bond acceptors (Lipinski definition) is 3. The summed E-state index contributed by atoms with van der Waals surface area (Å²) in [6, 6.07) is 54.7. The van der Waals surface area contributed by atoms with Gasteiger partial charge in [-0.1, -0.05) is 121 Å². The van der Waals surface area contributed by atoms with Gasteiger partial charge in [0, 0.05) is 39.1 Å². The van der Waals surface area contributed by atoms with Crippen molar-refractivity contribution in [3.05, 3.63) is 162 Å². The van der Waals surface area contributed by atoms with E-state index in [-0.39, 0.29) is 6.85 Å². The van der Waals surface area contributed by atoms with Gasteiger partial charge in [0.1, 0.15) is 0 Å². The third kappa shape index (κ3) is 3.49. The second kappa shape index (κ2) is 9.43. The van der Waals surface area contributed by atoms with Crippen LogP contribution in [0.2, 0.25) is 0 Å². The fourth-order valence-corrected chi connectivity index (χ4v) is 10.4. The van der Waals surface area contributed by atoms with E-state index in [0.29, 0.717) is 11.3 Å². The van der Waals surface area contributed by atoms with Crippen molar-refractivity contribution in [1.82, 2.24) is 0 Å². The number of fused-ring (bicyclic) bond motifs is 10. The predicted molar refractivity (Wildman–Crippen MR) is 200 cm³/mol. The lowest BCUT2D eigenvalue weighted by molar-refractivity contribution is 0.819. The molecule has 7 aromatic carbocycles. The third-order valence-corrected chi connectivity index (χ3v) is 12.1. The molecule has 0 fully saturated rings. The topological polar surface area (TPSA) is 6.48 Å². The average Bonchev–Trinajstić information content (AvgIpc) is 3.65. The van der Waals surface area contributed by atoms with Crippen molar-refractivity contribution < 1.29 is 0 Å². The summed E-state index contributed by atoms with van der Waals surface area (Å²) >= 11 is 2.04. The molecule has 220 valence electrons. The van der Waals surface area contributed by atoms with Gasteiger partial charge in [0.25, 0.3) is 0 Å². The zero-order valence-corrected chi connectivity index (χ0v) is 26.7. The van der Waals surface area contributed by atoms with Gasteiger partial charge in [-0.25, -0.2) is 0 Å². The molecule has 0 aliphatic carbocycles. The van der Waals surface area contributed by atoms with Crippen molar-refractivity contribution in [3.63, 3.8) is 0 Å².